The van der Waals surface area contributed by atoms with E-state index in [9.17, 15) is 13.2 Å². The predicted molar refractivity (Wildman–Crippen MR) is 71.1 cm³/mol. The fourth-order valence-corrected chi connectivity index (χ4v) is 3.70. The summed E-state index contributed by atoms with van der Waals surface area (Å²) < 4.78 is 25.7. The minimum Gasteiger partial charge on any atom is -0.478 e. The zero-order valence-corrected chi connectivity index (χ0v) is 12.3. The summed E-state index contributed by atoms with van der Waals surface area (Å²) in [7, 11) is -2.58. The topological polar surface area (TPSA) is 116 Å². The van der Waals surface area contributed by atoms with Crippen molar-refractivity contribution in [1.29, 1.82) is 0 Å². The standard InChI is InChI=1S/C10H12N4O4S2/c1-6-11-3-7(19-6)5-14(2)20(17,18)9-8(10(15)16)4-12-13-9/h3-4H,5H2,1-2H3,(H,12,13)(H,15,16). The van der Waals surface area contributed by atoms with Crippen LogP contribution in [0.15, 0.2) is 17.4 Å². The van der Waals surface area contributed by atoms with E-state index < -0.39 is 21.0 Å². The van der Waals surface area contributed by atoms with E-state index in [1.165, 1.54) is 18.4 Å². The Morgan fingerprint density at radius 3 is 2.75 bits per heavy atom. The second kappa shape index (κ2) is 5.31. The highest BCUT2D eigenvalue weighted by Crippen LogP contribution is 2.20. The molecule has 2 N–H and O–H groups in total. The number of nitrogens with zero attached hydrogens (tertiary/aromatic N) is 3. The Morgan fingerprint density at radius 2 is 2.20 bits per heavy atom. The summed E-state index contributed by atoms with van der Waals surface area (Å²) in [6, 6.07) is 0. The van der Waals surface area contributed by atoms with Crippen molar-refractivity contribution in [2.75, 3.05) is 7.05 Å². The van der Waals surface area contributed by atoms with Crippen LogP contribution < -0.4 is 0 Å². The Hall–Kier alpha value is -1.78. The Morgan fingerprint density at radius 1 is 1.50 bits per heavy atom. The summed E-state index contributed by atoms with van der Waals surface area (Å²) in [5.74, 6) is -1.35. The Bertz CT molecular complexity index is 734. The number of thiazole rings is 1. The van der Waals surface area contributed by atoms with Gasteiger partial charge in [-0.3, -0.25) is 5.10 Å². The lowest BCUT2D eigenvalue weighted by atomic mass is 10.4. The van der Waals surface area contributed by atoms with E-state index in [-0.39, 0.29) is 12.1 Å². The van der Waals surface area contributed by atoms with Crippen LogP contribution in [-0.4, -0.2) is 46.0 Å². The summed E-state index contributed by atoms with van der Waals surface area (Å²) in [6.07, 6.45) is 2.57. The molecule has 0 aliphatic rings. The number of rotatable bonds is 5. The van der Waals surface area contributed by atoms with Crippen LogP contribution in [0.25, 0.3) is 0 Å². The van der Waals surface area contributed by atoms with Crippen LogP contribution >= 0.6 is 11.3 Å². The number of H-pyrrole nitrogens is 1. The molecule has 2 rings (SSSR count). The van der Waals surface area contributed by atoms with Gasteiger partial charge < -0.3 is 5.11 Å². The monoisotopic (exact) mass is 316 g/mol. The van der Waals surface area contributed by atoms with Gasteiger partial charge >= 0.3 is 5.97 Å². The smallest absolute Gasteiger partial charge is 0.340 e. The van der Waals surface area contributed by atoms with E-state index >= 15 is 0 Å². The van der Waals surface area contributed by atoms with Crippen LogP contribution in [0.5, 0.6) is 0 Å². The van der Waals surface area contributed by atoms with E-state index in [0.717, 1.165) is 20.4 Å². The lowest BCUT2D eigenvalue weighted by Gasteiger charge is -2.15. The highest BCUT2D eigenvalue weighted by Gasteiger charge is 2.29. The minimum atomic E-state index is -3.95. The Kier molecular flexibility index (Phi) is 3.88. The van der Waals surface area contributed by atoms with Crippen molar-refractivity contribution in [2.24, 2.45) is 0 Å². The van der Waals surface area contributed by atoms with Crippen LogP contribution in [0.2, 0.25) is 0 Å². The van der Waals surface area contributed by atoms with E-state index in [1.807, 2.05) is 6.92 Å². The number of aryl methyl sites for hydroxylation is 1. The average Bonchev–Trinajstić information content (AvgIpc) is 2.98. The van der Waals surface area contributed by atoms with Gasteiger partial charge in [0.2, 0.25) is 0 Å². The molecule has 2 heterocycles. The molecule has 10 heteroatoms. The number of carboxylic acid groups (broad SMARTS) is 1. The number of carbonyl (C=O) groups is 1. The zero-order chi connectivity index (χ0) is 14.9. The summed E-state index contributed by atoms with van der Waals surface area (Å²) in [5, 5.41) is 15.1. The molecule has 0 saturated heterocycles. The molecule has 2 aromatic rings. The second-order valence-corrected chi connectivity index (χ2v) is 7.33. The van der Waals surface area contributed by atoms with Crippen LogP contribution in [0.1, 0.15) is 20.2 Å². The summed E-state index contributed by atoms with van der Waals surface area (Å²) >= 11 is 1.38. The molecule has 0 unspecified atom stereocenters. The Balaban J connectivity index is 2.30. The van der Waals surface area contributed by atoms with E-state index in [2.05, 4.69) is 15.2 Å². The summed E-state index contributed by atoms with van der Waals surface area (Å²) in [5.41, 5.74) is -0.377. The van der Waals surface area contributed by atoms with Gasteiger partial charge in [-0.15, -0.1) is 11.3 Å². The van der Waals surface area contributed by atoms with Crippen molar-refractivity contribution in [3.63, 3.8) is 0 Å². The van der Waals surface area contributed by atoms with Crippen LogP contribution in [0.4, 0.5) is 0 Å². The lowest BCUT2D eigenvalue weighted by Crippen LogP contribution is -2.27. The predicted octanol–water partition coefficient (Wildman–Crippen LogP) is 0.694. The molecular formula is C10H12N4O4S2. The zero-order valence-electron chi connectivity index (χ0n) is 10.7. The van der Waals surface area contributed by atoms with Crippen LogP contribution in [-0.2, 0) is 16.6 Å². The van der Waals surface area contributed by atoms with Gasteiger partial charge in [0, 0.05) is 24.7 Å². The Labute approximate surface area is 119 Å². The maximum absolute atomic E-state index is 12.3. The SMILES string of the molecule is Cc1ncc(CN(C)S(=O)(=O)c2[nH]ncc2C(=O)O)s1. The van der Waals surface area contributed by atoms with Gasteiger partial charge in [0.1, 0.15) is 5.56 Å². The van der Waals surface area contributed by atoms with Crippen molar-refractivity contribution in [3.8, 4) is 0 Å². The van der Waals surface area contributed by atoms with Crippen molar-refractivity contribution in [3.05, 3.63) is 27.8 Å². The summed E-state index contributed by atoms with van der Waals surface area (Å²) in [4.78, 5) is 15.8. The molecule has 0 amide bonds. The number of sulfonamides is 1. The first-order valence-corrected chi connectivity index (χ1v) is 7.72. The first-order chi connectivity index (χ1) is 9.32. The van der Waals surface area contributed by atoms with Gasteiger partial charge in [-0.1, -0.05) is 0 Å². The largest absolute Gasteiger partial charge is 0.478 e. The molecule has 2 aromatic heterocycles. The highest BCUT2D eigenvalue weighted by atomic mass is 32.2. The molecule has 108 valence electrons. The first-order valence-electron chi connectivity index (χ1n) is 5.46. The van der Waals surface area contributed by atoms with Gasteiger partial charge in [-0.2, -0.15) is 9.40 Å². The fraction of sp³-hybridized carbons (Fsp3) is 0.300. The molecule has 0 atom stereocenters. The molecule has 0 spiro atoms. The molecule has 0 radical (unpaired) electrons. The summed E-state index contributed by atoms with van der Waals surface area (Å²) in [6.45, 7) is 1.94. The number of aromatic amines is 1. The number of nitrogens with one attached hydrogen (secondary N) is 1. The highest BCUT2D eigenvalue weighted by molar-refractivity contribution is 7.89. The quantitative estimate of drug-likeness (QED) is 0.838. The van der Waals surface area contributed by atoms with Gasteiger partial charge in [0.15, 0.2) is 5.03 Å². The molecule has 0 aromatic carbocycles. The number of carboxylic acids is 1. The van der Waals surface area contributed by atoms with Crippen LogP contribution in [0.3, 0.4) is 0 Å². The third kappa shape index (κ3) is 2.71. The fourth-order valence-electron chi connectivity index (χ4n) is 1.56. The van der Waals surface area contributed by atoms with Gasteiger partial charge in [-0.25, -0.2) is 18.2 Å². The molecule has 8 nitrogen and oxygen atoms in total. The molecule has 0 aliphatic carbocycles. The second-order valence-electron chi connectivity index (χ2n) is 4.02. The maximum Gasteiger partial charge on any atom is 0.340 e. The molecule has 0 fully saturated rings. The van der Waals surface area contributed by atoms with Crippen LogP contribution in [0, 0.1) is 6.92 Å². The molecule has 0 aliphatic heterocycles. The average molecular weight is 316 g/mol. The number of hydrogen-bond acceptors (Lipinski definition) is 6. The number of aromatic nitrogens is 3. The van der Waals surface area contributed by atoms with Gasteiger partial charge in [0.05, 0.1) is 11.2 Å². The molecule has 20 heavy (non-hydrogen) atoms. The normalized spacial score (nSPS) is 11.9. The third-order valence-corrected chi connectivity index (χ3v) is 5.23. The van der Waals surface area contributed by atoms with Crippen molar-refractivity contribution in [2.45, 2.75) is 18.5 Å². The van der Waals surface area contributed by atoms with Gasteiger partial charge in [-0.05, 0) is 6.92 Å². The maximum atomic E-state index is 12.3. The molecular weight excluding hydrogens is 304 g/mol. The molecule has 0 saturated carbocycles. The van der Waals surface area contributed by atoms with Crippen molar-refractivity contribution >= 4 is 27.3 Å². The van der Waals surface area contributed by atoms with Crippen molar-refractivity contribution in [1.82, 2.24) is 19.5 Å². The van der Waals surface area contributed by atoms with E-state index in [4.69, 9.17) is 5.11 Å². The number of aromatic carboxylic acids is 1. The van der Waals surface area contributed by atoms with E-state index in [0.29, 0.717) is 0 Å². The molecule has 0 bridgehead atoms. The van der Waals surface area contributed by atoms with Crippen molar-refractivity contribution < 1.29 is 18.3 Å². The first kappa shape index (κ1) is 14.6. The lowest BCUT2D eigenvalue weighted by molar-refractivity contribution is 0.0692. The third-order valence-electron chi connectivity index (χ3n) is 2.55. The van der Waals surface area contributed by atoms with E-state index in [1.54, 1.807) is 6.20 Å². The minimum absolute atomic E-state index is 0.117. The van der Waals surface area contributed by atoms with Gasteiger partial charge in [0.25, 0.3) is 10.0 Å². The number of hydrogen-bond donors (Lipinski definition) is 2.